The molecule has 2 unspecified atom stereocenters. The molecular formula is C61H113NO8. The molecular weight excluding hydrogens is 875 g/mol. The Hall–Kier alpha value is -2.49. The van der Waals surface area contributed by atoms with E-state index >= 15 is 0 Å². The lowest BCUT2D eigenvalue weighted by Crippen LogP contribution is -2.44. The van der Waals surface area contributed by atoms with E-state index in [2.05, 4.69) is 50.3 Å². The summed E-state index contributed by atoms with van der Waals surface area (Å²) in [4.78, 5) is 37.2. The van der Waals surface area contributed by atoms with Crippen LogP contribution in [0, 0.1) is 0 Å². The number of unbranched alkanes of at least 4 members (excludes halogenated alkanes) is 34. The summed E-state index contributed by atoms with van der Waals surface area (Å²) in [5, 5.41) is 11.7. The van der Waals surface area contributed by atoms with Crippen molar-refractivity contribution in [1.29, 1.82) is 0 Å². The molecule has 0 radical (unpaired) electrons. The van der Waals surface area contributed by atoms with E-state index in [1.807, 2.05) is 21.1 Å². The van der Waals surface area contributed by atoms with Crippen molar-refractivity contribution in [1.82, 2.24) is 0 Å². The number of carboxylic acids is 1. The summed E-state index contributed by atoms with van der Waals surface area (Å²) in [6.07, 6.45) is 60.9. The maximum Gasteiger partial charge on any atom is 0.306 e. The third kappa shape index (κ3) is 53.3. The molecule has 9 nitrogen and oxygen atoms in total. The Morgan fingerprint density at radius 1 is 0.443 bits per heavy atom. The van der Waals surface area contributed by atoms with Crippen molar-refractivity contribution < 1.29 is 42.9 Å². The summed E-state index contributed by atoms with van der Waals surface area (Å²) in [5.74, 6) is -2.31. The van der Waals surface area contributed by atoms with Crippen molar-refractivity contribution in [3.8, 4) is 0 Å². The minimum absolute atomic E-state index is 0.143. The van der Waals surface area contributed by atoms with Crippen molar-refractivity contribution in [3.63, 3.8) is 0 Å². The number of quaternary nitrogens is 1. The second-order valence-corrected chi connectivity index (χ2v) is 21.3. The number of aliphatic carboxylic acids is 1. The number of likely N-dealkylation sites (N-methyl/N-ethyl adjacent to an activating group) is 1. The van der Waals surface area contributed by atoms with Crippen LogP contribution in [0.4, 0.5) is 0 Å². The SMILES string of the molecule is CC/C=C\C/C=C\C/C=C\CCCCCC(=O)OC(COC(=O)CCCCCCCCCCCCCCCCCCCCCCCCCCCCCCCCCC)COC(OCC[N+](C)(C)C)C(=O)[O-]. The van der Waals surface area contributed by atoms with E-state index in [0.717, 1.165) is 57.8 Å². The molecule has 0 aliphatic rings. The van der Waals surface area contributed by atoms with Gasteiger partial charge in [-0.1, -0.05) is 256 Å². The molecule has 0 aliphatic heterocycles. The van der Waals surface area contributed by atoms with Gasteiger partial charge in [0.2, 0.25) is 0 Å². The molecule has 0 N–H and O–H groups in total. The van der Waals surface area contributed by atoms with Gasteiger partial charge in [0.1, 0.15) is 13.2 Å². The molecule has 0 saturated carbocycles. The number of esters is 2. The standard InChI is InChI=1S/C61H113NO8/c1-6-8-10-12-14-16-18-20-21-22-23-24-25-26-27-28-29-30-31-32-33-34-35-36-37-38-40-41-43-45-47-49-51-58(63)68-55-57(56-69-61(60(65)66)67-54-53-62(3,4)5)70-59(64)52-50-48-46-44-42-39-19-17-15-13-11-9-7-2/h9,11,15,17,39,42,57,61H,6-8,10,12-14,16,18-38,40-41,43-56H2,1-5H3/b11-9-,17-15-,42-39-. The van der Waals surface area contributed by atoms with Crippen LogP contribution in [0.1, 0.15) is 277 Å². The molecule has 0 bridgehead atoms. The van der Waals surface area contributed by atoms with Crippen molar-refractivity contribution in [3.05, 3.63) is 36.5 Å². The van der Waals surface area contributed by atoms with Crippen molar-refractivity contribution in [2.75, 3.05) is 47.5 Å². The molecule has 0 aromatic heterocycles. The third-order valence-electron chi connectivity index (χ3n) is 13.2. The molecule has 0 spiro atoms. The quantitative estimate of drug-likeness (QED) is 0.0195. The van der Waals surface area contributed by atoms with Crippen LogP contribution in [0.15, 0.2) is 36.5 Å². The van der Waals surface area contributed by atoms with Gasteiger partial charge >= 0.3 is 11.9 Å². The Balaban J connectivity index is 4.02. The monoisotopic (exact) mass is 988 g/mol. The van der Waals surface area contributed by atoms with Crippen LogP contribution in [0.2, 0.25) is 0 Å². The lowest BCUT2D eigenvalue weighted by molar-refractivity contribution is -0.870. The number of carboxylic acid groups (broad SMARTS) is 1. The van der Waals surface area contributed by atoms with Crippen LogP contribution in [0.3, 0.4) is 0 Å². The first kappa shape index (κ1) is 67.5. The van der Waals surface area contributed by atoms with Gasteiger partial charge < -0.3 is 33.3 Å². The molecule has 2 atom stereocenters. The van der Waals surface area contributed by atoms with E-state index in [-0.39, 0.29) is 38.6 Å². The molecule has 0 rings (SSSR count). The molecule has 0 amide bonds. The smallest absolute Gasteiger partial charge is 0.306 e. The summed E-state index contributed by atoms with van der Waals surface area (Å²) >= 11 is 0. The fraction of sp³-hybridized carbons (Fsp3) is 0.852. The maximum absolute atomic E-state index is 12.8. The maximum atomic E-state index is 12.8. The highest BCUT2D eigenvalue weighted by molar-refractivity contribution is 5.70. The Labute approximate surface area is 432 Å². The molecule has 0 saturated heterocycles. The van der Waals surface area contributed by atoms with Gasteiger partial charge in [-0.25, -0.2) is 0 Å². The van der Waals surface area contributed by atoms with Gasteiger partial charge in [0, 0.05) is 12.8 Å². The van der Waals surface area contributed by atoms with Crippen LogP contribution in [-0.2, 0) is 33.3 Å². The predicted molar refractivity (Wildman–Crippen MR) is 293 cm³/mol. The highest BCUT2D eigenvalue weighted by Gasteiger charge is 2.22. The Kier molecular flexibility index (Phi) is 50.9. The highest BCUT2D eigenvalue weighted by atomic mass is 16.7. The Bertz CT molecular complexity index is 1240. The molecule has 410 valence electrons. The molecule has 0 aliphatic carbocycles. The molecule has 0 fully saturated rings. The highest BCUT2D eigenvalue weighted by Crippen LogP contribution is 2.18. The summed E-state index contributed by atoms with van der Waals surface area (Å²) in [7, 11) is 5.91. The average Bonchev–Trinajstić information content (AvgIpc) is 3.33. The lowest BCUT2D eigenvalue weighted by atomic mass is 10.0. The largest absolute Gasteiger partial charge is 0.545 e. The van der Waals surface area contributed by atoms with E-state index in [0.29, 0.717) is 17.4 Å². The number of ether oxygens (including phenoxy) is 4. The molecule has 9 heteroatoms. The first-order chi connectivity index (χ1) is 34.1. The zero-order valence-corrected chi connectivity index (χ0v) is 46.7. The summed E-state index contributed by atoms with van der Waals surface area (Å²) in [6, 6.07) is 0. The third-order valence-corrected chi connectivity index (χ3v) is 13.2. The lowest BCUT2D eigenvalue weighted by Gasteiger charge is -2.26. The molecule has 70 heavy (non-hydrogen) atoms. The predicted octanol–water partition coefficient (Wildman–Crippen LogP) is 16.0. The fourth-order valence-electron chi connectivity index (χ4n) is 8.61. The van der Waals surface area contributed by atoms with Crippen molar-refractivity contribution in [2.45, 2.75) is 289 Å². The van der Waals surface area contributed by atoms with Gasteiger partial charge in [-0.2, -0.15) is 0 Å². The summed E-state index contributed by atoms with van der Waals surface area (Å²) in [6.45, 7) is 4.63. The van der Waals surface area contributed by atoms with Crippen LogP contribution in [0.25, 0.3) is 0 Å². The van der Waals surface area contributed by atoms with Gasteiger partial charge in [-0.15, -0.1) is 0 Å². The number of hydrogen-bond donors (Lipinski definition) is 0. The van der Waals surface area contributed by atoms with E-state index in [4.69, 9.17) is 18.9 Å². The normalized spacial score (nSPS) is 13.0. The molecule has 0 aromatic rings. The second kappa shape index (κ2) is 52.8. The number of carbonyl (C=O) groups excluding carboxylic acids is 3. The van der Waals surface area contributed by atoms with E-state index < -0.39 is 24.3 Å². The Morgan fingerprint density at radius 2 is 0.814 bits per heavy atom. The van der Waals surface area contributed by atoms with Crippen LogP contribution in [-0.4, -0.2) is 82.3 Å². The van der Waals surface area contributed by atoms with Gasteiger partial charge in [0.05, 0.1) is 40.3 Å². The van der Waals surface area contributed by atoms with Crippen LogP contribution < -0.4 is 5.11 Å². The number of hydrogen-bond acceptors (Lipinski definition) is 8. The van der Waals surface area contributed by atoms with Gasteiger partial charge in [0.15, 0.2) is 12.4 Å². The van der Waals surface area contributed by atoms with Gasteiger partial charge in [0.25, 0.3) is 0 Å². The van der Waals surface area contributed by atoms with E-state index in [9.17, 15) is 19.5 Å². The first-order valence-electron chi connectivity index (χ1n) is 29.6. The summed E-state index contributed by atoms with van der Waals surface area (Å²) < 4.78 is 22.6. The summed E-state index contributed by atoms with van der Waals surface area (Å²) in [5.41, 5.74) is 0. The number of carbonyl (C=O) groups is 3. The van der Waals surface area contributed by atoms with Crippen LogP contribution in [0.5, 0.6) is 0 Å². The van der Waals surface area contributed by atoms with Crippen molar-refractivity contribution >= 4 is 17.9 Å². The fourth-order valence-corrected chi connectivity index (χ4v) is 8.61. The zero-order valence-electron chi connectivity index (χ0n) is 46.7. The Morgan fingerprint density at radius 3 is 1.21 bits per heavy atom. The topological polar surface area (TPSA) is 111 Å². The van der Waals surface area contributed by atoms with Crippen LogP contribution >= 0.6 is 0 Å². The first-order valence-corrected chi connectivity index (χ1v) is 29.6. The van der Waals surface area contributed by atoms with E-state index in [1.54, 1.807) is 0 Å². The minimum Gasteiger partial charge on any atom is -0.545 e. The molecule has 0 aromatic carbocycles. The van der Waals surface area contributed by atoms with E-state index in [1.165, 1.54) is 186 Å². The number of rotatable bonds is 55. The number of nitrogens with zero attached hydrogens (tertiary/aromatic N) is 1. The van der Waals surface area contributed by atoms with Gasteiger partial charge in [-0.3, -0.25) is 9.59 Å². The van der Waals surface area contributed by atoms with Crippen molar-refractivity contribution in [2.24, 2.45) is 0 Å². The average molecular weight is 989 g/mol. The van der Waals surface area contributed by atoms with Gasteiger partial charge in [-0.05, 0) is 44.9 Å². The zero-order chi connectivity index (χ0) is 51.3. The minimum atomic E-state index is -1.63. The molecule has 0 heterocycles. The second-order valence-electron chi connectivity index (χ2n) is 21.3. The number of allylic oxidation sites excluding steroid dienone is 6.